The molecule has 0 radical (unpaired) electrons. The van der Waals surface area contributed by atoms with Crippen LogP contribution in [-0.2, 0) is 0 Å². The Morgan fingerprint density at radius 3 is 2.75 bits per heavy atom. The molecule has 0 aliphatic rings. The van der Waals surface area contributed by atoms with Gasteiger partial charge in [0.05, 0.1) is 13.7 Å². The Bertz CT molecular complexity index is 509. The lowest BCUT2D eigenvalue weighted by Crippen LogP contribution is -1.99. The zero-order valence-corrected chi connectivity index (χ0v) is 12.2. The van der Waals surface area contributed by atoms with Crippen molar-refractivity contribution in [3.05, 3.63) is 30.6 Å². The zero-order chi connectivity index (χ0) is 14.2. The van der Waals surface area contributed by atoms with E-state index in [-0.39, 0.29) is 0 Å². The number of ether oxygens (including phenoxy) is 2. The normalized spacial score (nSPS) is 10.5. The van der Waals surface area contributed by atoms with Crippen LogP contribution >= 0.6 is 0 Å². The monoisotopic (exact) mass is 274 g/mol. The highest BCUT2D eigenvalue weighted by atomic mass is 16.5. The van der Waals surface area contributed by atoms with Gasteiger partial charge in [-0.2, -0.15) is 0 Å². The number of unbranched alkanes of at least 4 members (excludes halogenated alkanes) is 3. The summed E-state index contributed by atoms with van der Waals surface area (Å²) >= 11 is 0. The van der Waals surface area contributed by atoms with Crippen molar-refractivity contribution >= 4 is 0 Å². The summed E-state index contributed by atoms with van der Waals surface area (Å²) in [7, 11) is 1.66. The molecule has 1 aromatic heterocycles. The zero-order valence-electron chi connectivity index (χ0n) is 12.2. The first-order valence-electron chi connectivity index (χ1n) is 7.15. The number of hydrogen-bond acceptors (Lipinski definition) is 3. The van der Waals surface area contributed by atoms with Crippen molar-refractivity contribution in [2.24, 2.45) is 0 Å². The van der Waals surface area contributed by atoms with Crippen molar-refractivity contribution in [1.29, 1.82) is 0 Å². The third-order valence-electron chi connectivity index (χ3n) is 3.19. The van der Waals surface area contributed by atoms with Crippen LogP contribution in [0.25, 0.3) is 11.4 Å². The summed E-state index contributed by atoms with van der Waals surface area (Å²) in [4.78, 5) is 7.32. The second kappa shape index (κ2) is 7.58. The van der Waals surface area contributed by atoms with E-state index in [0.717, 1.165) is 35.9 Å². The number of imidazole rings is 1. The maximum atomic E-state index is 5.79. The number of rotatable bonds is 8. The number of H-pyrrole nitrogens is 1. The Hall–Kier alpha value is -1.97. The van der Waals surface area contributed by atoms with Gasteiger partial charge < -0.3 is 14.5 Å². The third kappa shape index (κ3) is 3.76. The summed E-state index contributed by atoms with van der Waals surface area (Å²) in [6.07, 6.45) is 8.33. The predicted molar refractivity (Wildman–Crippen MR) is 80.2 cm³/mol. The molecule has 0 amide bonds. The molecule has 20 heavy (non-hydrogen) atoms. The van der Waals surface area contributed by atoms with Crippen LogP contribution in [0.1, 0.15) is 32.6 Å². The highest BCUT2D eigenvalue weighted by molar-refractivity contribution is 5.60. The van der Waals surface area contributed by atoms with E-state index in [1.54, 1.807) is 19.5 Å². The van der Waals surface area contributed by atoms with Gasteiger partial charge in [-0.1, -0.05) is 26.2 Å². The van der Waals surface area contributed by atoms with E-state index in [4.69, 9.17) is 9.47 Å². The fraction of sp³-hybridized carbons (Fsp3) is 0.438. The molecular formula is C16H22N2O2. The van der Waals surface area contributed by atoms with Crippen molar-refractivity contribution in [1.82, 2.24) is 9.97 Å². The number of aromatic nitrogens is 2. The number of benzene rings is 1. The fourth-order valence-corrected chi connectivity index (χ4v) is 2.07. The molecule has 0 atom stereocenters. The predicted octanol–water partition coefficient (Wildman–Crippen LogP) is 4.04. The van der Waals surface area contributed by atoms with Gasteiger partial charge in [-0.3, -0.25) is 0 Å². The van der Waals surface area contributed by atoms with Gasteiger partial charge in [0, 0.05) is 18.0 Å². The molecule has 2 rings (SSSR count). The minimum Gasteiger partial charge on any atom is -0.493 e. The topological polar surface area (TPSA) is 47.1 Å². The Labute approximate surface area is 120 Å². The molecule has 4 heteroatoms. The number of nitrogens with zero attached hydrogens (tertiary/aromatic N) is 1. The van der Waals surface area contributed by atoms with Crippen LogP contribution < -0.4 is 9.47 Å². The van der Waals surface area contributed by atoms with Gasteiger partial charge in [-0.25, -0.2) is 4.98 Å². The summed E-state index contributed by atoms with van der Waals surface area (Å²) in [6.45, 7) is 2.94. The van der Waals surface area contributed by atoms with E-state index in [9.17, 15) is 0 Å². The van der Waals surface area contributed by atoms with Crippen LogP contribution in [0.2, 0.25) is 0 Å². The van der Waals surface area contributed by atoms with Crippen LogP contribution in [0, 0.1) is 0 Å². The van der Waals surface area contributed by atoms with Gasteiger partial charge in [0.1, 0.15) is 5.82 Å². The second-order valence-electron chi connectivity index (χ2n) is 4.71. The molecule has 0 unspecified atom stereocenters. The van der Waals surface area contributed by atoms with Crippen molar-refractivity contribution in [2.45, 2.75) is 32.6 Å². The quantitative estimate of drug-likeness (QED) is 0.739. The second-order valence-corrected chi connectivity index (χ2v) is 4.71. The lowest BCUT2D eigenvalue weighted by atomic mass is 10.2. The van der Waals surface area contributed by atoms with Crippen LogP contribution in [0.4, 0.5) is 0 Å². The lowest BCUT2D eigenvalue weighted by Gasteiger charge is -2.11. The molecule has 0 spiro atoms. The van der Waals surface area contributed by atoms with Crippen LogP contribution in [0.5, 0.6) is 11.5 Å². The summed E-state index contributed by atoms with van der Waals surface area (Å²) < 4.78 is 11.2. The summed E-state index contributed by atoms with van der Waals surface area (Å²) in [5.74, 6) is 2.37. The molecule has 1 aromatic carbocycles. The fourth-order valence-electron chi connectivity index (χ4n) is 2.07. The maximum absolute atomic E-state index is 5.79. The van der Waals surface area contributed by atoms with Gasteiger partial charge in [0.15, 0.2) is 11.5 Å². The van der Waals surface area contributed by atoms with Gasteiger partial charge >= 0.3 is 0 Å². The summed E-state index contributed by atoms with van der Waals surface area (Å²) in [5, 5.41) is 0. The average Bonchev–Trinajstić information content (AvgIpc) is 3.01. The maximum Gasteiger partial charge on any atom is 0.161 e. The van der Waals surface area contributed by atoms with Crippen molar-refractivity contribution in [3.8, 4) is 22.9 Å². The largest absolute Gasteiger partial charge is 0.493 e. The Morgan fingerprint density at radius 2 is 2.05 bits per heavy atom. The van der Waals surface area contributed by atoms with Gasteiger partial charge in [-0.15, -0.1) is 0 Å². The molecule has 0 fully saturated rings. The van der Waals surface area contributed by atoms with Crippen molar-refractivity contribution in [2.75, 3.05) is 13.7 Å². The van der Waals surface area contributed by atoms with E-state index < -0.39 is 0 Å². The highest BCUT2D eigenvalue weighted by Crippen LogP contribution is 2.31. The first kappa shape index (κ1) is 14.4. The van der Waals surface area contributed by atoms with E-state index in [2.05, 4.69) is 16.9 Å². The van der Waals surface area contributed by atoms with E-state index in [0.29, 0.717) is 0 Å². The number of hydrogen-bond donors (Lipinski definition) is 1. The molecule has 0 aliphatic carbocycles. The Kier molecular flexibility index (Phi) is 5.47. The Morgan fingerprint density at radius 1 is 1.15 bits per heavy atom. The molecule has 1 heterocycles. The van der Waals surface area contributed by atoms with Gasteiger partial charge in [-0.05, 0) is 24.6 Å². The lowest BCUT2D eigenvalue weighted by molar-refractivity contribution is 0.285. The molecule has 0 saturated carbocycles. The van der Waals surface area contributed by atoms with Gasteiger partial charge in [0.2, 0.25) is 0 Å². The van der Waals surface area contributed by atoms with Crippen LogP contribution in [0.15, 0.2) is 30.6 Å². The van der Waals surface area contributed by atoms with E-state index >= 15 is 0 Å². The molecular weight excluding hydrogens is 252 g/mol. The molecule has 2 aromatic rings. The number of aromatic amines is 1. The minimum atomic E-state index is 0.733. The number of methoxy groups -OCH3 is 1. The summed E-state index contributed by atoms with van der Waals surface area (Å²) in [5.41, 5.74) is 0.991. The molecule has 0 saturated heterocycles. The molecule has 0 aliphatic heterocycles. The molecule has 1 N–H and O–H groups in total. The Balaban J connectivity index is 1.99. The number of nitrogens with one attached hydrogen (secondary N) is 1. The summed E-state index contributed by atoms with van der Waals surface area (Å²) in [6, 6.07) is 5.87. The van der Waals surface area contributed by atoms with Crippen LogP contribution in [-0.4, -0.2) is 23.7 Å². The SMILES string of the molecule is CCCCCCOc1ccc(-c2ncc[nH]2)cc1OC. The van der Waals surface area contributed by atoms with Crippen molar-refractivity contribution < 1.29 is 9.47 Å². The van der Waals surface area contributed by atoms with E-state index in [1.807, 2.05) is 18.2 Å². The highest BCUT2D eigenvalue weighted by Gasteiger charge is 2.08. The van der Waals surface area contributed by atoms with Crippen LogP contribution in [0.3, 0.4) is 0 Å². The van der Waals surface area contributed by atoms with Gasteiger partial charge in [0.25, 0.3) is 0 Å². The minimum absolute atomic E-state index is 0.733. The molecule has 0 bridgehead atoms. The first-order valence-corrected chi connectivity index (χ1v) is 7.15. The van der Waals surface area contributed by atoms with Crippen molar-refractivity contribution in [3.63, 3.8) is 0 Å². The third-order valence-corrected chi connectivity index (χ3v) is 3.19. The van der Waals surface area contributed by atoms with E-state index in [1.165, 1.54) is 19.3 Å². The average molecular weight is 274 g/mol. The standard InChI is InChI=1S/C16H22N2O2/c1-3-4-5-6-11-20-14-8-7-13(12-15(14)19-2)16-17-9-10-18-16/h7-10,12H,3-6,11H2,1-2H3,(H,17,18). The smallest absolute Gasteiger partial charge is 0.161 e. The molecule has 4 nitrogen and oxygen atoms in total. The first-order chi connectivity index (χ1) is 9.85. The molecule has 108 valence electrons.